The molecule has 2 heterocycles. The Kier molecular flexibility index (Phi) is 11.3. The molecule has 2 fully saturated rings. The number of ether oxygens (including phenoxy) is 1. The molecule has 0 saturated carbocycles. The van der Waals surface area contributed by atoms with E-state index in [-0.39, 0.29) is 37.3 Å². The van der Waals surface area contributed by atoms with E-state index in [2.05, 4.69) is 10.6 Å². The number of hydrogen-bond acceptors (Lipinski definition) is 5. The first-order valence-corrected chi connectivity index (χ1v) is 8.89. The van der Waals surface area contributed by atoms with Crippen molar-refractivity contribution in [3.05, 3.63) is 0 Å². The van der Waals surface area contributed by atoms with Gasteiger partial charge >= 0.3 is 12.1 Å². The maximum atomic E-state index is 11.6. The topological polar surface area (TPSA) is 108 Å². The quantitative estimate of drug-likeness (QED) is 0.646. The molecule has 8 nitrogen and oxygen atoms in total. The van der Waals surface area contributed by atoms with Crippen molar-refractivity contribution in [2.24, 2.45) is 11.8 Å². The number of nitrogens with zero attached hydrogens (tertiary/aromatic N) is 1. The molecule has 27 heavy (non-hydrogen) atoms. The average Bonchev–Trinajstić information content (AvgIpc) is 3.22. The maximum Gasteiger partial charge on any atom is 0.410 e. The van der Waals surface area contributed by atoms with Gasteiger partial charge in [-0.1, -0.05) is 0 Å². The summed E-state index contributed by atoms with van der Waals surface area (Å²) < 4.78 is 16.8. The Morgan fingerprint density at radius 2 is 1.93 bits per heavy atom. The summed E-state index contributed by atoms with van der Waals surface area (Å²) in [5.74, 6) is -1.26. The first-order valence-electron chi connectivity index (χ1n) is 8.89. The van der Waals surface area contributed by atoms with Gasteiger partial charge in [-0.15, -0.1) is 12.4 Å². The maximum absolute atomic E-state index is 11.6. The summed E-state index contributed by atoms with van der Waals surface area (Å²) in [4.78, 5) is 34.8. The molecule has 0 bridgehead atoms. The number of aliphatic carboxylic acids is 1. The predicted molar refractivity (Wildman–Crippen MR) is 101 cm³/mol. The Balaban J connectivity index is 0.000000504. The van der Waals surface area contributed by atoms with Crippen LogP contribution in [0.1, 0.15) is 33.6 Å². The van der Waals surface area contributed by atoms with Crippen molar-refractivity contribution in [3.8, 4) is 0 Å². The number of nitrogens with one attached hydrogen (secondary N) is 2. The van der Waals surface area contributed by atoms with Gasteiger partial charge in [0, 0.05) is 26.2 Å². The molecule has 158 valence electrons. The number of carbonyl (C=O) groups excluding carboxylic acids is 2. The van der Waals surface area contributed by atoms with Gasteiger partial charge in [0.1, 0.15) is 12.3 Å². The molecular weight excluding hydrogens is 381 g/mol. The molecule has 0 aromatic carbocycles. The summed E-state index contributed by atoms with van der Waals surface area (Å²) in [7, 11) is 0. The van der Waals surface area contributed by atoms with Gasteiger partial charge in [0.2, 0.25) is 5.91 Å². The van der Waals surface area contributed by atoms with Crippen LogP contribution in [-0.4, -0.2) is 73.0 Å². The van der Waals surface area contributed by atoms with Crippen LogP contribution in [0.3, 0.4) is 0 Å². The molecule has 0 aromatic rings. The summed E-state index contributed by atoms with van der Waals surface area (Å²) >= 11 is 0. The Hall–Kier alpha value is -1.61. The average molecular weight is 412 g/mol. The van der Waals surface area contributed by atoms with E-state index in [4.69, 9.17) is 9.84 Å². The van der Waals surface area contributed by atoms with Crippen LogP contribution in [0.25, 0.3) is 0 Å². The number of amides is 2. The fraction of sp³-hybridized carbons (Fsp3) is 0.824. The van der Waals surface area contributed by atoms with Crippen molar-refractivity contribution in [3.63, 3.8) is 0 Å². The third kappa shape index (κ3) is 9.76. The van der Waals surface area contributed by atoms with Crippen molar-refractivity contribution in [2.45, 2.75) is 39.2 Å². The van der Waals surface area contributed by atoms with Crippen LogP contribution in [0.5, 0.6) is 0 Å². The predicted octanol–water partition coefficient (Wildman–Crippen LogP) is 1.43. The normalized spacial score (nSPS) is 21.6. The summed E-state index contributed by atoms with van der Waals surface area (Å²) in [5.41, 5.74) is -0.529. The molecule has 2 saturated heterocycles. The second-order valence-electron chi connectivity index (χ2n) is 7.42. The molecule has 0 aliphatic carbocycles. The van der Waals surface area contributed by atoms with E-state index in [1.54, 1.807) is 20.8 Å². The highest BCUT2D eigenvalue weighted by atomic mass is 35.5. The van der Waals surface area contributed by atoms with Crippen molar-refractivity contribution in [1.29, 1.82) is 0 Å². The van der Waals surface area contributed by atoms with Gasteiger partial charge in [0.05, 0.1) is 11.8 Å². The van der Waals surface area contributed by atoms with Gasteiger partial charge in [0.15, 0.2) is 0 Å². The highest BCUT2D eigenvalue weighted by Crippen LogP contribution is 2.19. The Bertz CT molecular complexity index is 495. The van der Waals surface area contributed by atoms with Crippen molar-refractivity contribution in [1.82, 2.24) is 15.5 Å². The second-order valence-corrected chi connectivity index (χ2v) is 7.42. The zero-order valence-electron chi connectivity index (χ0n) is 16.1. The molecule has 2 amide bonds. The van der Waals surface area contributed by atoms with Crippen LogP contribution >= 0.6 is 12.4 Å². The number of carboxylic acids is 1. The lowest BCUT2D eigenvalue weighted by Gasteiger charge is -2.24. The lowest BCUT2D eigenvalue weighted by Crippen LogP contribution is -2.35. The largest absolute Gasteiger partial charge is 0.481 e. The van der Waals surface area contributed by atoms with E-state index < -0.39 is 30.3 Å². The van der Waals surface area contributed by atoms with Crippen LogP contribution < -0.4 is 10.6 Å². The summed E-state index contributed by atoms with van der Waals surface area (Å²) in [5, 5.41) is 14.4. The van der Waals surface area contributed by atoms with Crippen LogP contribution in [0.15, 0.2) is 0 Å². The van der Waals surface area contributed by atoms with Gasteiger partial charge in [0.25, 0.3) is 0 Å². The van der Waals surface area contributed by atoms with Gasteiger partial charge in [-0.3, -0.25) is 9.59 Å². The highest BCUT2D eigenvalue weighted by molar-refractivity contribution is 5.85. The molecule has 2 aliphatic heterocycles. The number of carbonyl (C=O) groups is 3. The van der Waals surface area contributed by atoms with Crippen LogP contribution in [0.2, 0.25) is 0 Å². The minimum Gasteiger partial charge on any atom is -0.481 e. The molecule has 0 aromatic heterocycles. The molecule has 2 atom stereocenters. The zero-order valence-corrected chi connectivity index (χ0v) is 16.9. The fourth-order valence-electron chi connectivity index (χ4n) is 2.65. The number of rotatable bonds is 4. The van der Waals surface area contributed by atoms with Crippen molar-refractivity contribution in [2.75, 3.05) is 39.4 Å². The second kappa shape index (κ2) is 12.0. The van der Waals surface area contributed by atoms with E-state index in [1.165, 1.54) is 4.90 Å². The molecule has 0 unspecified atom stereocenters. The smallest absolute Gasteiger partial charge is 0.410 e. The Labute approximate surface area is 165 Å². The first-order chi connectivity index (χ1) is 12.1. The number of halogens is 2. The van der Waals surface area contributed by atoms with Gasteiger partial charge in [-0.05, 0) is 40.2 Å². The van der Waals surface area contributed by atoms with Crippen molar-refractivity contribution < 1.29 is 28.6 Å². The van der Waals surface area contributed by atoms with E-state index >= 15 is 0 Å². The third-order valence-corrected chi connectivity index (χ3v) is 4.01. The lowest BCUT2D eigenvalue weighted by molar-refractivity contribution is -0.141. The lowest BCUT2D eigenvalue weighted by atomic mass is 10.1. The number of likely N-dealkylation sites (tertiary alicyclic amines) is 1. The van der Waals surface area contributed by atoms with E-state index in [0.717, 1.165) is 19.5 Å². The van der Waals surface area contributed by atoms with Crippen LogP contribution in [0.4, 0.5) is 9.18 Å². The van der Waals surface area contributed by atoms with Gasteiger partial charge < -0.3 is 25.4 Å². The molecule has 3 N–H and O–H groups in total. The van der Waals surface area contributed by atoms with Crippen LogP contribution in [-0.2, 0) is 14.3 Å². The molecule has 10 heteroatoms. The summed E-state index contributed by atoms with van der Waals surface area (Å²) in [6.07, 6.45) is 0.957. The molecular formula is C17H31ClFN3O5. The number of carboxylic acid groups (broad SMARTS) is 1. The minimum atomic E-state index is -0.846. The molecule has 0 spiro atoms. The monoisotopic (exact) mass is 411 g/mol. The standard InChI is InChI=1S/C10H17NO4.C7H13FN2O.ClH/c1-10(2,3)15-9(14)11-5-4-7(6-11)8(12)13;8-2-4-10-7(11)6-1-3-9-5-6;/h7H,4-6H2,1-3H3,(H,12,13);6,9H,1-5H2,(H,10,11);1H/t7-;6-;/m00./s1. The van der Waals surface area contributed by atoms with Crippen molar-refractivity contribution >= 4 is 30.4 Å². The Morgan fingerprint density at radius 1 is 1.26 bits per heavy atom. The first kappa shape index (κ1) is 25.4. The summed E-state index contributed by atoms with van der Waals surface area (Å²) in [6.45, 7) is 7.38. The molecule has 2 rings (SSSR count). The number of alkyl halides is 1. The highest BCUT2D eigenvalue weighted by Gasteiger charge is 2.33. The third-order valence-electron chi connectivity index (χ3n) is 4.01. The molecule has 0 radical (unpaired) electrons. The SMILES string of the molecule is CC(C)(C)OC(=O)N1CC[C@H](C(=O)O)C1.Cl.O=C(NCCF)[C@H]1CCNC1. The minimum absolute atomic E-state index is 0. The fourth-order valence-corrected chi connectivity index (χ4v) is 2.65. The van der Waals surface area contributed by atoms with Crippen LogP contribution in [0, 0.1) is 11.8 Å². The molecule has 2 aliphatic rings. The van der Waals surface area contributed by atoms with Gasteiger partial charge in [-0.2, -0.15) is 0 Å². The van der Waals surface area contributed by atoms with Gasteiger partial charge in [-0.25, -0.2) is 9.18 Å². The zero-order chi connectivity index (χ0) is 19.7. The van der Waals surface area contributed by atoms with E-state index in [0.29, 0.717) is 13.0 Å². The van der Waals surface area contributed by atoms with E-state index in [1.807, 2.05) is 0 Å². The Morgan fingerprint density at radius 3 is 2.37 bits per heavy atom. The summed E-state index contributed by atoms with van der Waals surface area (Å²) in [6, 6.07) is 0. The van der Waals surface area contributed by atoms with E-state index in [9.17, 15) is 18.8 Å². The number of hydrogen-bond donors (Lipinski definition) is 3.